The van der Waals surface area contributed by atoms with Gasteiger partial charge in [-0.3, -0.25) is 0 Å². The van der Waals surface area contributed by atoms with Gasteiger partial charge in [0.15, 0.2) is 5.79 Å². The lowest BCUT2D eigenvalue weighted by Crippen LogP contribution is -2.36. The number of benzene rings is 1. The van der Waals surface area contributed by atoms with Crippen LogP contribution in [0.3, 0.4) is 0 Å². The largest absolute Gasteiger partial charge is 0.345 e. The van der Waals surface area contributed by atoms with Crippen molar-refractivity contribution in [1.82, 2.24) is 9.55 Å². The number of hydrogen-bond acceptors (Lipinski definition) is 3. The van der Waals surface area contributed by atoms with Crippen LogP contribution in [-0.4, -0.2) is 28.0 Å². The topological polar surface area (TPSA) is 36.3 Å². The molecule has 112 valence electrons. The predicted octanol–water partition coefficient (Wildman–Crippen LogP) is 3.04. The molecule has 4 nitrogen and oxygen atoms in total. The monoisotopic (exact) mass is 286 g/mol. The molecule has 1 saturated heterocycles. The molecule has 2 atom stereocenters. The van der Waals surface area contributed by atoms with Crippen LogP contribution in [0.1, 0.15) is 25.3 Å². The van der Waals surface area contributed by atoms with Gasteiger partial charge in [-0.05, 0) is 25.3 Å². The highest BCUT2D eigenvalue weighted by Crippen LogP contribution is 2.31. The molecule has 2 heterocycles. The van der Waals surface area contributed by atoms with E-state index in [9.17, 15) is 0 Å². The summed E-state index contributed by atoms with van der Waals surface area (Å²) in [5.74, 6) is -0.505. The van der Waals surface area contributed by atoms with Crippen molar-refractivity contribution >= 4 is 0 Å². The maximum Gasteiger partial charge on any atom is 0.186 e. The lowest BCUT2D eigenvalue weighted by atomic mass is 10.0. The molecule has 1 aromatic heterocycles. The molecule has 4 heteroatoms. The van der Waals surface area contributed by atoms with Gasteiger partial charge in [0.2, 0.25) is 0 Å². The third kappa shape index (κ3) is 3.71. The van der Waals surface area contributed by atoms with Crippen LogP contribution in [-0.2, 0) is 22.4 Å². The van der Waals surface area contributed by atoms with E-state index in [-0.39, 0.29) is 6.10 Å². The summed E-state index contributed by atoms with van der Waals surface area (Å²) in [6.45, 7) is 3.43. The zero-order valence-electron chi connectivity index (χ0n) is 12.4. The molecule has 0 saturated carbocycles. The first kappa shape index (κ1) is 14.3. The molecule has 1 aliphatic rings. The van der Waals surface area contributed by atoms with Crippen molar-refractivity contribution in [2.75, 3.05) is 6.61 Å². The van der Waals surface area contributed by atoms with E-state index in [1.165, 1.54) is 5.56 Å². The molecule has 2 unspecified atom stereocenters. The van der Waals surface area contributed by atoms with Gasteiger partial charge in [0.05, 0.1) is 25.6 Å². The first-order chi connectivity index (χ1) is 10.3. The van der Waals surface area contributed by atoms with Crippen molar-refractivity contribution in [3.8, 4) is 0 Å². The molecule has 0 amide bonds. The van der Waals surface area contributed by atoms with Crippen molar-refractivity contribution in [2.24, 2.45) is 0 Å². The Morgan fingerprint density at radius 1 is 1.33 bits per heavy atom. The molecule has 0 spiro atoms. The zero-order chi connectivity index (χ0) is 14.5. The van der Waals surface area contributed by atoms with Gasteiger partial charge in [-0.2, -0.15) is 0 Å². The van der Waals surface area contributed by atoms with E-state index in [0.29, 0.717) is 13.2 Å². The summed E-state index contributed by atoms with van der Waals surface area (Å²) in [6, 6.07) is 10.6. The highest BCUT2D eigenvalue weighted by molar-refractivity contribution is 5.14. The molecule has 1 fully saturated rings. The van der Waals surface area contributed by atoms with Crippen molar-refractivity contribution in [2.45, 2.75) is 44.6 Å². The van der Waals surface area contributed by atoms with Gasteiger partial charge in [0.1, 0.15) is 0 Å². The number of imidazole rings is 1. The van der Waals surface area contributed by atoms with E-state index in [1.807, 2.05) is 17.1 Å². The Kier molecular flexibility index (Phi) is 4.36. The Hall–Kier alpha value is -1.65. The summed E-state index contributed by atoms with van der Waals surface area (Å²) < 4.78 is 14.1. The smallest absolute Gasteiger partial charge is 0.186 e. The molecule has 0 bridgehead atoms. The molecular formula is C17H22N2O2. The van der Waals surface area contributed by atoms with Crippen molar-refractivity contribution in [3.63, 3.8) is 0 Å². The summed E-state index contributed by atoms with van der Waals surface area (Å²) in [5.41, 5.74) is 1.36. The predicted molar refractivity (Wildman–Crippen MR) is 80.8 cm³/mol. The van der Waals surface area contributed by atoms with Crippen LogP contribution in [0, 0.1) is 0 Å². The molecule has 2 aromatic rings. The van der Waals surface area contributed by atoms with E-state index in [1.54, 1.807) is 6.20 Å². The lowest BCUT2D eigenvalue weighted by Gasteiger charge is -2.28. The van der Waals surface area contributed by atoms with Gasteiger partial charge >= 0.3 is 0 Å². The fraction of sp³-hybridized carbons (Fsp3) is 0.471. The maximum atomic E-state index is 6.09. The summed E-state index contributed by atoms with van der Waals surface area (Å²) in [7, 11) is 0. The van der Waals surface area contributed by atoms with Crippen molar-refractivity contribution in [3.05, 3.63) is 54.6 Å². The lowest BCUT2D eigenvalue weighted by molar-refractivity contribution is -0.181. The first-order valence-corrected chi connectivity index (χ1v) is 7.57. The Balaban J connectivity index is 1.60. The first-order valence-electron chi connectivity index (χ1n) is 7.57. The molecule has 1 aliphatic heterocycles. The van der Waals surface area contributed by atoms with E-state index >= 15 is 0 Å². The van der Waals surface area contributed by atoms with Crippen LogP contribution >= 0.6 is 0 Å². The Bertz CT molecular complexity index is 541. The van der Waals surface area contributed by atoms with E-state index in [2.05, 4.69) is 42.2 Å². The second-order valence-electron chi connectivity index (χ2n) is 5.72. The summed E-state index contributed by atoms with van der Waals surface area (Å²) in [6.07, 6.45) is 8.70. The van der Waals surface area contributed by atoms with Gasteiger partial charge < -0.3 is 14.0 Å². The fourth-order valence-electron chi connectivity index (χ4n) is 2.86. The molecule has 21 heavy (non-hydrogen) atoms. The molecular weight excluding hydrogens is 264 g/mol. The van der Waals surface area contributed by atoms with Gasteiger partial charge in [-0.25, -0.2) is 4.98 Å². The average Bonchev–Trinajstić information content (AvgIpc) is 3.11. The van der Waals surface area contributed by atoms with Crippen molar-refractivity contribution in [1.29, 1.82) is 0 Å². The van der Waals surface area contributed by atoms with Gasteiger partial charge in [-0.1, -0.05) is 30.3 Å². The second-order valence-corrected chi connectivity index (χ2v) is 5.72. The minimum Gasteiger partial charge on any atom is -0.345 e. The summed E-state index contributed by atoms with van der Waals surface area (Å²) in [5, 5.41) is 0. The van der Waals surface area contributed by atoms with Crippen LogP contribution in [0.4, 0.5) is 0 Å². The molecule has 3 rings (SSSR count). The Morgan fingerprint density at radius 2 is 2.19 bits per heavy atom. The second kappa shape index (κ2) is 6.41. The maximum absolute atomic E-state index is 6.09. The normalized spacial score (nSPS) is 25.3. The number of hydrogen-bond donors (Lipinski definition) is 0. The number of rotatable bonds is 6. The van der Waals surface area contributed by atoms with Crippen LogP contribution in [0.15, 0.2) is 49.1 Å². The highest BCUT2D eigenvalue weighted by Gasteiger charge is 2.39. The SMILES string of the molecule is CC1COC(CCCc2ccccc2)(Cn2ccnc2)O1. The third-order valence-electron chi connectivity index (χ3n) is 3.85. The van der Waals surface area contributed by atoms with Crippen LogP contribution < -0.4 is 0 Å². The number of nitrogens with zero attached hydrogens (tertiary/aromatic N) is 2. The van der Waals surface area contributed by atoms with E-state index in [0.717, 1.165) is 19.3 Å². The average molecular weight is 286 g/mol. The fourth-order valence-corrected chi connectivity index (χ4v) is 2.86. The molecule has 0 N–H and O–H groups in total. The minimum atomic E-state index is -0.505. The summed E-state index contributed by atoms with van der Waals surface area (Å²) >= 11 is 0. The van der Waals surface area contributed by atoms with Crippen molar-refractivity contribution < 1.29 is 9.47 Å². The van der Waals surface area contributed by atoms with E-state index < -0.39 is 5.79 Å². The Morgan fingerprint density at radius 3 is 2.86 bits per heavy atom. The number of ether oxygens (including phenoxy) is 2. The van der Waals surface area contributed by atoms with Gasteiger partial charge in [-0.15, -0.1) is 0 Å². The minimum absolute atomic E-state index is 0.158. The standard InChI is InChI=1S/C17H22N2O2/c1-15-12-20-17(21-15,13-19-11-10-18-14-19)9-5-8-16-6-3-2-4-7-16/h2-4,6-7,10-11,14-15H,5,8-9,12-13H2,1H3. The van der Waals surface area contributed by atoms with Crippen LogP contribution in [0.25, 0.3) is 0 Å². The number of aryl methyl sites for hydroxylation is 1. The highest BCUT2D eigenvalue weighted by atomic mass is 16.7. The van der Waals surface area contributed by atoms with Crippen LogP contribution in [0.5, 0.6) is 0 Å². The molecule has 0 radical (unpaired) electrons. The number of aromatic nitrogens is 2. The van der Waals surface area contributed by atoms with E-state index in [4.69, 9.17) is 9.47 Å². The molecule has 1 aromatic carbocycles. The van der Waals surface area contributed by atoms with Gasteiger partial charge in [0, 0.05) is 18.8 Å². The molecule has 0 aliphatic carbocycles. The third-order valence-corrected chi connectivity index (χ3v) is 3.85. The Labute approximate surface area is 125 Å². The summed E-state index contributed by atoms with van der Waals surface area (Å²) in [4.78, 5) is 4.09. The quantitative estimate of drug-likeness (QED) is 0.819. The van der Waals surface area contributed by atoms with Gasteiger partial charge in [0.25, 0.3) is 0 Å². The van der Waals surface area contributed by atoms with Crippen LogP contribution in [0.2, 0.25) is 0 Å². The zero-order valence-corrected chi connectivity index (χ0v) is 12.4.